The van der Waals surface area contributed by atoms with Crippen LogP contribution in [0.25, 0.3) is 21.2 Å². The van der Waals surface area contributed by atoms with Gasteiger partial charge in [0.05, 0.1) is 5.00 Å². The van der Waals surface area contributed by atoms with E-state index in [1.165, 1.54) is 118 Å². The van der Waals surface area contributed by atoms with Crippen molar-refractivity contribution >= 4 is 88.0 Å². The maximum atomic E-state index is 2.70. The topological polar surface area (TPSA) is 6.48 Å². The van der Waals surface area contributed by atoms with Gasteiger partial charge in [0.1, 0.15) is 0 Å². The van der Waals surface area contributed by atoms with E-state index in [0.717, 1.165) is 12.8 Å². The second kappa shape index (κ2) is 19.0. The number of rotatable bonds is 7. The molecule has 0 fully saturated rings. The summed E-state index contributed by atoms with van der Waals surface area (Å²) in [5, 5.41) is 2.67. The van der Waals surface area contributed by atoms with Gasteiger partial charge < -0.3 is 9.80 Å². The summed E-state index contributed by atoms with van der Waals surface area (Å²) in [6, 6.07) is 80.4. The third kappa shape index (κ3) is 8.74. The van der Waals surface area contributed by atoms with Crippen LogP contribution in [-0.2, 0) is 27.1 Å². The van der Waals surface area contributed by atoms with Crippen LogP contribution in [0, 0.1) is 0 Å². The van der Waals surface area contributed by atoms with E-state index in [0.29, 0.717) is 0 Å². The van der Waals surface area contributed by atoms with Crippen molar-refractivity contribution in [2.24, 2.45) is 0 Å². The van der Waals surface area contributed by atoms with Crippen molar-refractivity contribution in [2.75, 3.05) is 9.80 Å². The Morgan fingerprint density at radius 2 is 0.864 bits per heavy atom. The zero-order chi connectivity index (χ0) is 56.6. The van der Waals surface area contributed by atoms with Crippen molar-refractivity contribution in [1.29, 1.82) is 0 Å². The summed E-state index contributed by atoms with van der Waals surface area (Å²) < 4.78 is 1.33. The van der Waals surface area contributed by atoms with Gasteiger partial charge in [-0.3, -0.25) is 0 Å². The van der Waals surface area contributed by atoms with Crippen molar-refractivity contribution in [3.8, 4) is 11.1 Å². The molecular formula is C76H77BN2S2. The van der Waals surface area contributed by atoms with Crippen molar-refractivity contribution in [1.82, 2.24) is 0 Å². The molecule has 1 aromatic heterocycles. The fourth-order valence-electron chi connectivity index (χ4n) is 13.5. The number of anilines is 6. The second-order valence-corrected chi connectivity index (χ2v) is 31.9. The SMILES string of the molecule is CC(C)(C)c1ccc(N2c3cc4c(cc3B3c5c2cc(-c2cccc(S(c6ccccc6)(c6ccccc6)c6ccccc6)c2)cc5N(c2ccc(C(C)(C)C)cc2)c2sc5ccc(C(C)(C)C)cc5c23)C(C)(C)CCC4(C)C)cc1. The van der Waals surface area contributed by atoms with Gasteiger partial charge in [0.15, 0.2) is 0 Å². The number of hydrogen-bond acceptors (Lipinski definition) is 3. The van der Waals surface area contributed by atoms with Crippen LogP contribution in [0.3, 0.4) is 0 Å². The van der Waals surface area contributed by atoms with E-state index in [2.05, 4.69) is 306 Å². The van der Waals surface area contributed by atoms with Gasteiger partial charge in [-0.1, -0.05) is 199 Å². The lowest BCUT2D eigenvalue weighted by Gasteiger charge is -2.47. The third-order valence-electron chi connectivity index (χ3n) is 18.3. The molecule has 13 rings (SSSR count). The van der Waals surface area contributed by atoms with E-state index in [4.69, 9.17) is 0 Å². The number of fused-ring (bicyclic) bond motifs is 7. The zero-order valence-corrected chi connectivity index (χ0v) is 51.5. The number of hydrogen-bond donors (Lipinski definition) is 0. The van der Waals surface area contributed by atoms with Crippen LogP contribution in [0.4, 0.5) is 33.4 Å². The molecule has 1 aliphatic carbocycles. The van der Waals surface area contributed by atoms with Crippen molar-refractivity contribution in [3.63, 3.8) is 0 Å². The summed E-state index contributed by atoms with van der Waals surface area (Å²) in [5.41, 5.74) is 19.7. The largest absolute Gasteiger partial charge is 0.311 e. The van der Waals surface area contributed by atoms with E-state index in [9.17, 15) is 0 Å². The fraction of sp³-hybridized carbons (Fsp3) is 0.263. The van der Waals surface area contributed by atoms with Gasteiger partial charge in [0.2, 0.25) is 0 Å². The number of thiophene rings is 1. The summed E-state index contributed by atoms with van der Waals surface area (Å²) in [7, 11) is -1.97. The Morgan fingerprint density at radius 3 is 1.37 bits per heavy atom. The molecule has 0 unspecified atom stereocenters. The Hall–Kier alpha value is -7.05. The smallest absolute Gasteiger partial charge is 0.254 e. The van der Waals surface area contributed by atoms with E-state index >= 15 is 0 Å². The molecule has 9 aromatic carbocycles. The highest BCUT2D eigenvalue weighted by Crippen LogP contribution is 2.73. The second-order valence-electron chi connectivity index (χ2n) is 27.7. The van der Waals surface area contributed by atoms with Crippen LogP contribution in [0.15, 0.2) is 226 Å². The Bertz CT molecular complexity index is 3940. The summed E-state index contributed by atoms with van der Waals surface area (Å²) in [6.07, 6.45) is 2.30. The average Bonchev–Trinajstić information content (AvgIpc) is 3.72. The fourth-order valence-corrected chi connectivity index (χ4v) is 18.7. The Labute approximate surface area is 489 Å². The highest BCUT2D eigenvalue weighted by atomic mass is 32.3. The molecule has 0 saturated heterocycles. The van der Waals surface area contributed by atoms with Crippen molar-refractivity contribution in [2.45, 2.75) is 150 Å². The van der Waals surface area contributed by atoms with E-state index in [1.54, 1.807) is 0 Å². The van der Waals surface area contributed by atoms with Crippen LogP contribution in [0.5, 0.6) is 0 Å². The lowest BCUT2D eigenvalue weighted by atomic mass is 9.33. The third-order valence-corrected chi connectivity index (χ3v) is 23.4. The maximum Gasteiger partial charge on any atom is 0.254 e. The Morgan fingerprint density at radius 1 is 0.407 bits per heavy atom. The molecule has 10 aromatic rings. The van der Waals surface area contributed by atoms with Crippen LogP contribution >= 0.6 is 21.4 Å². The first-order valence-electron chi connectivity index (χ1n) is 29.4. The molecule has 0 amide bonds. The quantitative estimate of drug-likeness (QED) is 0.147. The molecule has 0 atom stereocenters. The molecule has 2 nitrogen and oxygen atoms in total. The van der Waals surface area contributed by atoms with Gasteiger partial charge in [-0.15, -0.1) is 21.4 Å². The molecule has 0 saturated carbocycles. The lowest BCUT2D eigenvalue weighted by Crippen LogP contribution is -2.61. The molecule has 0 radical (unpaired) electrons. The molecule has 81 heavy (non-hydrogen) atoms. The highest BCUT2D eigenvalue weighted by Gasteiger charge is 2.48. The van der Waals surface area contributed by atoms with Gasteiger partial charge in [-0.2, -0.15) is 0 Å². The van der Waals surface area contributed by atoms with E-state index in [1.807, 2.05) is 11.3 Å². The zero-order valence-electron chi connectivity index (χ0n) is 49.8. The Kier molecular flexibility index (Phi) is 12.5. The van der Waals surface area contributed by atoms with Crippen LogP contribution < -0.4 is 26.2 Å². The Balaban J connectivity index is 1.17. The minimum atomic E-state index is -1.97. The van der Waals surface area contributed by atoms with Crippen molar-refractivity contribution < 1.29 is 0 Å². The normalized spacial score (nSPS) is 15.7. The first-order valence-corrected chi connectivity index (χ1v) is 31.8. The summed E-state index contributed by atoms with van der Waals surface area (Å²) in [4.78, 5) is 10.6. The first-order chi connectivity index (χ1) is 38.5. The molecule has 3 heterocycles. The summed E-state index contributed by atoms with van der Waals surface area (Å²) in [6.45, 7) is 31.0. The van der Waals surface area contributed by atoms with Crippen LogP contribution in [-0.4, -0.2) is 6.71 Å². The monoisotopic (exact) mass is 1090 g/mol. The standard InChI is InChI=1S/C76H77BN2S2/c1-72(2,3)52-32-37-55(38-33-52)78-65-49-63-62(75(10,11)42-43-76(63,12)13)48-64(65)77-69-61-47-54(74(7,8)9)36-41-68(61)80-71(69)79(56-39-34-53(35-40-56)73(4,5)6)67-46-51(45-66(78)70(67)77)50-24-23-31-60(44-50)81(57-25-17-14-18-26-57,58-27-19-15-20-28-58)59-29-21-16-22-30-59/h14-41,44-49H,42-43H2,1-13H3. The van der Waals surface area contributed by atoms with Crippen LogP contribution in [0.2, 0.25) is 0 Å². The van der Waals surface area contributed by atoms with Crippen molar-refractivity contribution in [3.05, 3.63) is 234 Å². The summed E-state index contributed by atoms with van der Waals surface area (Å²) in [5.74, 6) is 0. The lowest BCUT2D eigenvalue weighted by molar-refractivity contribution is 0.332. The maximum absolute atomic E-state index is 2.70. The number of nitrogens with zero attached hydrogens (tertiary/aromatic N) is 2. The van der Waals surface area contributed by atoms with Crippen LogP contribution in [0.1, 0.15) is 131 Å². The predicted molar refractivity (Wildman–Crippen MR) is 353 cm³/mol. The molecular weight excluding hydrogens is 1020 g/mol. The molecule has 406 valence electrons. The minimum absolute atomic E-state index is 0.00399. The minimum Gasteiger partial charge on any atom is -0.311 e. The molecule has 0 N–H and O–H groups in total. The van der Waals surface area contributed by atoms with E-state index < -0.39 is 10.0 Å². The molecule has 0 bridgehead atoms. The highest BCUT2D eigenvalue weighted by molar-refractivity contribution is 8.34. The van der Waals surface area contributed by atoms with Gasteiger partial charge in [0.25, 0.3) is 6.71 Å². The van der Waals surface area contributed by atoms with Gasteiger partial charge in [-0.25, -0.2) is 0 Å². The molecule has 0 spiro atoms. The summed E-state index contributed by atoms with van der Waals surface area (Å²) >= 11 is 1.96. The average molecular weight is 1090 g/mol. The first kappa shape index (κ1) is 53.3. The van der Waals surface area contributed by atoms with Gasteiger partial charge >= 0.3 is 0 Å². The van der Waals surface area contributed by atoms with Gasteiger partial charge in [0, 0.05) is 52.7 Å². The molecule has 5 heteroatoms. The van der Waals surface area contributed by atoms with Gasteiger partial charge in [-0.05, 0) is 198 Å². The molecule has 2 aliphatic heterocycles. The van der Waals surface area contributed by atoms with E-state index in [-0.39, 0.29) is 33.8 Å². The predicted octanol–water partition coefficient (Wildman–Crippen LogP) is 20.2. The number of benzene rings is 9. The molecule has 3 aliphatic rings.